The zero-order chi connectivity index (χ0) is 19.0. The Hall–Kier alpha value is -1.47. The number of nitrogens with one attached hydrogen (secondary N) is 1. The van der Waals surface area contributed by atoms with Gasteiger partial charge >= 0.3 is 0 Å². The lowest BCUT2D eigenvalue weighted by molar-refractivity contribution is -0.0309. The van der Waals surface area contributed by atoms with Crippen LogP contribution in [0.1, 0.15) is 31.3 Å². The molecule has 0 radical (unpaired) electrons. The Morgan fingerprint density at radius 2 is 2.04 bits per heavy atom. The fourth-order valence-electron chi connectivity index (χ4n) is 3.42. The Morgan fingerprint density at radius 3 is 2.78 bits per heavy atom. The van der Waals surface area contributed by atoms with E-state index >= 15 is 0 Å². The van der Waals surface area contributed by atoms with Gasteiger partial charge in [0.05, 0.1) is 11.4 Å². The summed E-state index contributed by atoms with van der Waals surface area (Å²) in [6, 6.07) is 7.57. The molecule has 1 atom stereocenters. The van der Waals surface area contributed by atoms with Crippen molar-refractivity contribution < 1.29 is 4.74 Å². The Balaban J connectivity index is 1.80. The van der Waals surface area contributed by atoms with Crippen molar-refractivity contribution in [3.8, 4) is 0 Å². The van der Waals surface area contributed by atoms with Gasteiger partial charge in [-0.2, -0.15) is 0 Å². The van der Waals surface area contributed by atoms with Gasteiger partial charge < -0.3 is 10.1 Å². The van der Waals surface area contributed by atoms with Gasteiger partial charge in [0, 0.05) is 22.6 Å². The summed E-state index contributed by atoms with van der Waals surface area (Å²) in [5.41, 5.74) is 3.30. The fraction of sp³-hybridized carbons (Fsp3) is 0.368. The van der Waals surface area contributed by atoms with Crippen LogP contribution in [0, 0.1) is 6.92 Å². The number of aromatic nitrogens is 3. The van der Waals surface area contributed by atoms with E-state index in [0.29, 0.717) is 10.2 Å². The predicted molar refractivity (Wildman–Crippen MR) is 113 cm³/mol. The largest absolute Gasteiger partial charge is 0.358 e. The summed E-state index contributed by atoms with van der Waals surface area (Å²) in [7, 11) is 0. The highest BCUT2D eigenvalue weighted by molar-refractivity contribution is 7.98. The first-order valence-corrected chi connectivity index (χ1v) is 10.8. The first kappa shape index (κ1) is 18.9. The van der Waals surface area contributed by atoms with E-state index in [4.69, 9.17) is 32.9 Å². The molecule has 1 aromatic carbocycles. The second kappa shape index (κ2) is 7.87. The number of anilines is 2. The maximum absolute atomic E-state index is 6.35. The first-order chi connectivity index (χ1) is 13.1. The summed E-state index contributed by atoms with van der Waals surface area (Å²) in [4.78, 5) is 10.4. The first-order valence-electron chi connectivity index (χ1n) is 8.84. The van der Waals surface area contributed by atoms with Crippen molar-refractivity contribution in [2.45, 2.75) is 37.3 Å². The minimum atomic E-state index is -0.0418. The highest BCUT2D eigenvalue weighted by Gasteiger charge is 2.23. The maximum Gasteiger partial charge on any atom is 0.166 e. The molecule has 8 heteroatoms. The van der Waals surface area contributed by atoms with Gasteiger partial charge in [-0.3, -0.25) is 4.57 Å². The minimum absolute atomic E-state index is 0.0418. The Morgan fingerprint density at radius 1 is 1.19 bits per heavy atom. The zero-order valence-corrected chi connectivity index (χ0v) is 17.5. The summed E-state index contributed by atoms with van der Waals surface area (Å²) < 4.78 is 8.02. The van der Waals surface area contributed by atoms with E-state index in [1.807, 2.05) is 31.4 Å². The highest BCUT2D eigenvalue weighted by atomic mass is 35.5. The van der Waals surface area contributed by atoms with Crippen LogP contribution in [0.25, 0.3) is 11.2 Å². The number of hydrogen-bond acceptors (Lipinski definition) is 5. The van der Waals surface area contributed by atoms with E-state index in [1.165, 1.54) is 0 Å². The van der Waals surface area contributed by atoms with Crippen LogP contribution < -0.4 is 5.32 Å². The number of ether oxygens (including phenoxy) is 1. The summed E-state index contributed by atoms with van der Waals surface area (Å²) in [5.74, 6) is 0.871. The Bertz CT molecular complexity index is 985. The van der Waals surface area contributed by atoms with Crippen LogP contribution in [0.5, 0.6) is 0 Å². The lowest BCUT2D eigenvalue weighted by Gasteiger charge is -2.25. The van der Waals surface area contributed by atoms with Crippen molar-refractivity contribution in [1.29, 1.82) is 0 Å². The fourth-order valence-corrected chi connectivity index (χ4v) is 4.43. The maximum atomic E-state index is 6.35. The van der Waals surface area contributed by atoms with Crippen molar-refractivity contribution in [3.05, 3.63) is 40.3 Å². The van der Waals surface area contributed by atoms with Crippen molar-refractivity contribution in [1.82, 2.24) is 14.5 Å². The molecular formula is C19H20Cl2N4OS. The van der Waals surface area contributed by atoms with E-state index < -0.39 is 0 Å². The molecule has 4 rings (SSSR count). The van der Waals surface area contributed by atoms with Gasteiger partial charge in [-0.1, -0.05) is 23.2 Å². The zero-order valence-electron chi connectivity index (χ0n) is 15.1. The van der Waals surface area contributed by atoms with Crippen molar-refractivity contribution in [2.24, 2.45) is 0 Å². The van der Waals surface area contributed by atoms with E-state index in [9.17, 15) is 0 Å². The molecular weight excluding hydrogens is 403 g/mol. The molecule has 5 nitrogen and oxygen atoms in total. The van der Waals surface area contributed by atoms with E-state index in [1.54, 1.807) is 17.8 Å². The van der Waals surface area contributed by atoms with Gasteiger partial charge in [0.15, 0.2) is 5.65 Å². The third-order valence-corrected chi connectivity index (χ3v) is 5.88. The lowest BCUT2D eigenvalue weighted by atomic mass is 10.2. The number of imidazole rings is 1. The monoisotopic (exact) mass is 422 g/mol. The average Bonchev–Trinajstić information content (AvgIpc) is 2.99. The van der Waals surface area contributed by atoms with Gasteiger partial charge in [-0.05, 0) is 50.6 Å². The van der Waals surface area contributed by atoms with Gasteiger partial charge in [-0.25, -0.2) is 9.97 Å². The molecule has 0 spiro atoms. The van der Waals surface area contributed by atoms with Gasteiger partial charge in [-0.15, -0.1) is 11.8 Å². The third-order valence-electron chi connectivity index (χ3n) is 4.67. The molecule has 1 N–H and O–H groups in total. The molecule has 3 aromatic rings. The van der Waals surface area contributed by atoms with Gasteiger partial charge in [0.25, 0.3) is 0 Å². The van der Waals surface area contributed by atoms with E-state index in [0.717, 1.165) is 59.1 Å². The molecule has 1 aliphatic heterocycles. The Kier molecular flexibility index (Phi) is 5.50. The molecule has 0 amide bonds. The molecule has 0 aliphatic carbocycles. The molecule has 3 heterocycles. The molecule has 1 aliphatic rings. The van der Waals surface area contributed by atoms with Crippen molar-refractivity contribution in [3.63, 3.8) is 0 Å². The van der Waals surface area contributed by atoms with Crippen LogP contribution in [0.3, 0.4) is 0 Å². The van der Waals surface area contributed by atoms with Crippen LogP contribution >= 0.6 is 35.0 Å². The topological polar surface area (TPSA) is 52.0 Å². The number of rotatable bonds is 4. The SMILES string of the molecule is CSc1cc(Cl)ccc1Nc1cc(Cl)nc2c1nc(C)n2C1CCCCO1. The standard InChI is InChI=1S/C19H20Cl2N4OS/c1-11-22-18-14(23-13-7-6-12(20)9-15(13)27-2)10-16(21)24-19(18)25(11)17-5-3-4-8-26-17/h6-7,9-10,17H,3-5,8H2,1-2H3,(H,23,24). The number of nitrogens with zero attached hydrogens (tertiary/aromatic N) is 3. The van der Waals surface area contributed by atoms with Gasteiger partial charge in [0.1, 0.15) is 22.7 Å². The second-order valence-corrected chi connectivity index (χ2v) is 8.16. The summed E-state index contributed by atoms with van der Waals surface area (Å²) in [5, 5.41) is 4.58. The number of pyridine rings is 1. The van der Waals surface area contributed by atoms with Crippen LogP contribution in [-0.2, 0) is 4.74 Å². The normalized spacial score (nSPS) is 17.4. The summed E-state index contributed by atoms with van der Waals surface area (Å²) in [6.07, 6.45) is 5.16. The number of benzene rings is 1. The smallest absolute Gasteiger partial charge is 0.166 e. The molecule has 1 unspecified atom stereocenters. The number of aryl methyl sites for hydroxylation is 1. The van der Waals surface area contributed by atoms with Crippen molar-refractivity contribution >= 4 is 57.5 Å². The van der Waals surface area contributed by atoms with Crippen LogP contribution in [0.4, 0.5) is 11.4 Å². The Labute approximate surface area is 172 Å². The highest BCUT2D eigenvalue weighted by Crippen LogP contribution is 2.36. The predicted octanol–water partition coefficient (Wildman–Crippen LogP) is 6.21. The number of halogens is 2. The number of hydrogen-bond donors (Lipinski definition) is 1. The number of fused-ring (bicyclic) bond motifs is 1. The van der Waals surface area contributed by atoms with Crippen LogP contribution in [-0.4, -0.2) is 27.4 Å². The molecule has 27 heavy (non-hydrogen) atoms. The molecule has 0 saturated carbocycles. The lowest BCUT2D eigenvalue weighted by Crippen LogP contribution is -2.19. The summed E-state index contributed by atoms with van der Waals surface area (Å²) >= 11 is 14.1. The van der Waals surface area contributed by atoms with Crippen LogP contribution in [0.15, 0.2) is 29.2 Å². The number of thioether (sulfide) groups is 1. The summed E-state index contributed by atoms with van der Waals surface area (Å²) in [6.45, 7) is 2.74. The van der Waals surface area contributed by atoms with E-state index in [-0.39, 0.29) is 6.23 Å². The van der Waals surface area contributed by atoms with Gasteiger partial charge in [0.2, 0.25) is 0 Å². The average molecular weight is 423 g/mol. The molecule has 1 fully saturated rings. The third kappa shape index (κ3) is 3.76. The second-order valence-electron chi connectivity index (χ2n) is 6.48. The van der Waals surface area contributed by atoms with E-state index in [2.05, 4.69) is 14.9 Å². The molecule has 2 aromatic heterocycles. The minimum Gasteiger partial charge on any atom is -0.358 e. The van der Waals surface area contributed by atoms with Crippen molar-refractivity contribution in [2.75, 3.05) is 18.2 Å². The molecule has 0 bridgehead atoms. The molecule has 1 saturated heterocycles. The molecule has 142 valence electrons. The van der Waals surface area contributed by atoms with Crippen LogP contribution in [0.2, 0.25) is 10.2 Å². The quantitative estimate of drug-likeness (QED) is 0.399.